The van der Waals surface area contributed by atoms with Crippen molar-refractivity contribution in [3.8, 4) is 11.5 Å². The zero-order valence-electron chi connectivity index (χ0n) is 21.3. The van der Waals surface area contributed by atoms with Gasteiger partial charge in [0, 0.05) is 0 Å². The Balaban J connectivity index is 2.05. The van der Waals surface area contributed by atoms with Gasteiger partial charge in [-0.2, -0.15) is 0 Å². The van der Waals surface area contributed by atoms with E-state index < -0.39 is 20.4 Å². The minimum atomic E-state index is -2.88. The van der Waals surface area contributed by atoms with Gasteiger partial charge in [-0.15, -0.1) is 0 Å². The Hall–Kier alpha value is -3.09. The molecule has 186 valence electrons. The lowest BCUT2D eigenvalue weighted by Gasteiger charge is -2.45. The molecule has 0 aliphatic rings. The first-order chi connectivity index (χ1) is 16.7. The van der Waals surface area contributed by atoms with Gasteiger partial charge in [0.25, 0.3) is 8.32 Å². The predicted molar refractivity (Wildman–Crippen MR) is 143 cm³/mol. The summed E-state index contributed by atoms with van der Waals surface area (Å²) in [4.78, 5) is 11.9. The number of carboxylic acid groups (broad SMARTS) is 1. The van der Waals surface area contributed by atoms with Crippen LogP contribution in [0.2, 0.25) is 5.04 Å². The zero-order valence-corrected chi connectivity index (χ0v) is 22.3. The number of rotatable bonds is 11. The number of hydrogen-bond acceptors (Lipinski definition) is 4. The Bertz CT molecular complexity index is 1050. The summed E-state index contributed by atoms with van der Waals surface area (Å²) in [5.74, 6) is 0.466. The van der Waals surface area contributed by atoms with Crippen LogP contribution in [-0.2, 0) is 15.6 Å². The van der Waals surface area contributed by atoms with Crippen LogP contribution in [0.3, 0.4) is 0 Å². The normalized spacial score (nSPS) is 12.7. The average molecular weight is 493 g/mol. The largest absolute Gasteiger partial charge is 0.493 e. The van der Waals surface area contributed by atoms with E-state index in [-0.39, 0.29) is 11.5 Å². The van der Waals surface area contributed by atoms with Crippen molar-refractivity contribution in [3.05, 3.63) is 84.4 Å². The van der Waals surface area contributed by atoms with Crippen LogP contribution in [0.4, 0.5) is 0 Å². The third-order valence-electron chi connectivity index (χ3n) is 6.38. The van der Waals surface area contributed by atoms with E-state index in [9.17, 15) is 9.90 Å². The average Bonchev–Trinajstić information content (AvgIpc) is 2.85. The molecular formula is C29H36O5Si. The minimum absolute atomic E-state index is 0.0726. The molecule has 0 heterocycles. The van der Waals surface area contributed by atoms with Gasteiger partial charge in [-0.25, -0.2) is 0 Å². The van der Waals surface area contributed by atoms with Crippen LogP contribution in [0.15, 0.2) is 78.9 Å². The van der Waals surface area contributed by atoms with Crippen LogP contribution < -0.4 is 19.8 Å². The minimum Gasteiger partial charge on any atom is -0.493 e. The maximum absolute atomic E-state index is 11.9. The summed E-state index contributed by atoms with van der Waals surface area (Å²) in [5, 5.41) is 11.8. The molecule has 0 saturated carbocycles. The molecule has 0 saturated heterocycles. The smallest absolute Gasteiger partial charge is 0.305 e. The van der Waals surface area contributed by atoms with Crippen molar-refractivity contribution >= 4 is 24.7 Å². The number of benzene rings is 3. The summed E-state index contributed by atoms with van der Waals surface area (Å²) in [6, 6.07) is 26.4. The fraction of sp³-hybridized carbons (Fsp3) is 0.345. The predicted octanol–water partition coefficient (Wildman–Crippen LogP) is 5.06. The van der Waals surface area contributed by atoms with Crippen molar-refractivity contribution in [2.75, 3.05) is 14.2 Å². The Labute approximate surface area is 209 Å². The molecule has 1 atom stereocenters. The van der Waals surface area contributed by atoms with Crippen molar-refractivity contribution in [2.24, 2.45) is 0 Å². The van der Waals surface area contributed by atoms with E-state index in [1.807, 2.05) is 54.6 Å². The quantitative estimate of drug-likeness (QED) is 0.379. The molecule has 3 rings (SSSR count). The summed E-state index contributed by atoms with van der Waals surface area (Å²) >= 11 is 0. The lowest BCUT2D eigenvalue weighted by molar-refractivity contribution is -0.139. The Morgan fingerprint density at radius 2 is 1.43 bits per heavy atom. The van der Waals surface area contributed by atoms with Gasteiger partial charge < -0.3 is 19.0 Å². The first kappa shape index (κ1) is 26.5. The second-order valence-corrected chi connectivity index (χ2v) is 13.9. The number of ether oxygens (including phenoxy) is 2. The molecule has 1 N–H and O–H groups in total. The number of methoxy groups -OCH3 is 2. The van der Waals surface area contributed by atoms with E-state index in [1.54, 1.807) is 14.2 Å². The summed E-state index contributed by atoms with van der Waals surface area (Å²) in [6.45, 7) is 6.59. The maximum atomic E-state index is 11.9. The van der Waals surface area contributed by atoms with E-state index in [2.05, 4.69) is 45.0 Å². The second kappa shape index (κ2) is 11.6. The Morgan fingerprint density at radius 3 is 1.89 bits per heavy atom. The van der Waals surface area contributed by atoms with Crippen LogP contribution in [0.5, 0.6) is 11.5 Å². The molecule has 6 heteroatoms. The molecule has 35 heavy (non-hydrogen) atoms. The first-order valence-electron chi connectivity index (χ1n) is 11.9. The fourth-order valence-corrected chi connectivity index (χ4v) is 9.52. The molecule has 3 aromatic rings. The third kappa shape index (κ3) is 5.95. The van der Waals surface area contributed by atoms with Crippen LogP contribution in [0.1, 0.15) is 39.2 Å². The number of carbonyl (C=O) groups is 1. The highest BCUT2D eigenvalue weighted by Crippen LogP contribution is 2.39. The molecule has 3 aromatic carbocycles. The van der Waals surface area contributed by atoms with Crippen molar-refractivity contribution in [3.63, 3.8) is 0 Å². The number of aryl methyl sites for hydroxylation is 1. The molecule has 0 fully saturated rings. The van der Waals surface area contributed by atoms with Gasteiger partial charge in [0.15, 0.2) is 11.5 Å². The van der Waals surface area contributed by atoms with E-state index in [0.29, 0.717) is 24.3 Å². The second-order valence-electron chi connectivity index (χ2n) is 9.69. The molecule has 0 aromatic heterocycles. The number of para-hydroxylation sites is 1. The van der Waals surface area contributed by atoms with E-state index in [0.717, 1.165) is 15.9 Å². The topological polar surface area (TPSA) is 65.0 Å². The van der Waals surface area contributed by atoms with Crippen molar-refractivity contribution in [1.29, 1.82) is 0 Å². The van der Waals surface area contributed by atoms with Gasteiger partial charge in [-0.05, 0) is 39.9 Å². The van der Waals surface area contributed by atoms with E-state index >= 15 is 0 Å². The standard InChI is InChI=1S/C29H36O5Si/c1-29(2,3)35(24-14-8-6-9-15-24,25-16-10-7-11-17-25)34-23(21-27(30)31)20-19-22-13-12-18-26(32-4)28(22)33-5/h6-18,23H,19-21H2,1-5H3,(H,30,31). The maximum Gasteiger partial charge on any atom is 0.305 e. The van der Waals surface area contributed by atoms with Crippen LogP contribution in [-0.4, -0.2) is 39.7 Å². The highest BCUT2D eigenvalue weighted by atomic mass is 28.4. The number of hydrogen-bond donors (Lipinski definition) is 1. The van der Waals surface area contributed by atoms with Crippen LogP contribution >= 0.6 is 0 Å². The Kier molecular flexibility index (Phi) is 8.75. The van der Waals surface area contributed by atoms with Gasteiger partial charge in [-0.1, -0.05) is 93.6 Å². The zero-order chi connectivity index (χ0) is 25.5. The van der Waals surface area contributed by atoms with Crippen LogP contribution in [0.25, 0.3) is 0 Å². The number of aliphatic carboxylic acids is 1. The van der Waals surface area contributed by atoms with Crippen molar-refractivity contribution < 1.29 is 23.8 Å². The highest BCUT2D eigenvalue weighted by Gasteiger charge is 2.51. The summed E-state index contributed by atoms with van der Waals surface area (Å²) in [6.07, 6.45) is 0.600. The Morgan fingerprint density at radius 1 is 0.857 bits per heavy atom. The van der Waals surface area contributed by atoms with Crippen LogP contribution in [0, 0.1) is 0 Å². The lowest BCUT2D eigenvalue weighted by atomic mass is 10.0. The molecule has 0 aliphatic carbocycles. The van der Waals surface area contributed by atoms with Gasteiger partial charge in [0.1, 0.15) is 0 Å². The SMILES string of the molecule is COc1cccc(CCC(CC(=O)O)O[Si](c2ccccc2)(c2ccccc2)C(C)(C)C)c1OC. The first-order valence-corrected chi connectivity index (χ1v) is 13.8. The highest BCUT2D eigenvalue weighted by molar-refractivity contribution is 6.99. The van der Waals surface area contributed by atoms with Gasteiger partial charge in [0.2, 0.25) is 0 Å². The number of carboxylic acids is 1. The van der Waals surface area contributed by atoms with E-state index in [1.165, 1.54) is 0 Å². The third-order valence-corrected chi connectivity index (χ3v) is 11.5. The molecule has 1 unspecified atom stereocenters. The van der Waals surface area contributed by atoms with Gasteiger partial charge in [-0.3, -0.25) is 4.79 Å². The molecule has 0 amide bonds. The molecule has 0 bridgehead atoms. The molecule has 0 spiro atoms. The van der Waals surface area contributed by atoms with E-state index in [4.69, 9.17) is 13.9 Å². The van der Waals surface area contributed by atoms with Crippen molar-refractivity contribution in [2.45, 2.75) is 51.2 Å². The monoisotopic (exact) mass is 492 g/mol. The molecule has 0 radical (unpaired) electrons. The summed E-state index contributed by atoms with van der Waals surface area (Å²) in [7, 11) is 0.356. The lowest BCUT2D eigenvalue weighted by Crippen LogP contribution is -2.67. The molecular weight excluding hydrogens is 456 g/mol. The van der Waals surface area contributed by atoms with Crippen molar-refractivity contribution in [1.82, 2.24) is 0 Å². The molecule has 0 aliphatic heterocycles. The van der Waals surface area contributed by atoms with Gasteiger partial charge in [0.05, 0.1) is 26.7 Å². The van der Waals surface area contributed by atoms with Gasteiger partial charge >= 0.3 is 5.97 Å². The summed E-state index contributed by atoms with van der Waals surface area (Å²) in [5.41, 5.74) is 0.966. The summed E-state index contributed by atoms with van der Waals surface area (Å²) < 4.78 is 18.2. The fourth-order valence-electron chi connectivity index (χ4n) is 4.81. The molecule has 5 nitrogen and oxygen atoms in total.